The maximum atomic E-state index is 10.0. The van der Waals surface area contributed by atoms with Gasteiger partial charge >= 0.3 is 0 Å². The number of thiophene rings is 1. The summed E-state index contributed by atoms with van der Waals surface area (Å²) in [4.78, 5) is 1.30. The number of aromatic hydroxyl groups is 1. The summed E-state index contributed by atoms with van der Waals surface area (Å²) in [5, 5.41) is 14.8. The van der Waals surface area contributed by atoms with Crippen molar-refractivity contribution in [2.75, 3.05) is 5.32 Å². The van der Waals surface area contributed by atoms with Crippen LogP contribution in [0, 0.1) is 13.8 Å². The van der Waals surface area contributed by atoms with Crippen LogP contribution in [-0.2, 0) is 0 Å². The topological polar surface area (TPSA) is 32.3 Å². The number of phenols is 1. The van der Waals surface area contributed by atoms with Gasteiger partial charge in [0.2, 0.25) is 0 Å². The van der Waals surface area contributed by atoms with E-state index in [0.29, 0.717) is 5.75 Å². The fraction of sp³-hybridized carbons (Fsp3) is 0.222. The van der Waals surface area contributed by atoms with Gasteiger partial charge in [-0.15, -0.1) is 11.3 Å². The van der Waals surface area contributed by atoms with Gasteiger partial charge in [-0.1, -0.05) is 24.3 Å². The fourth-order valence-electron chi connectivity index (χ4n) is 2.51. The largest absolute Gasteiger partial charge is 0.507 e. The zero-order valence-electron chi connectivity index (χ0n) is 12.5. The van der Waals surface area contributed by atoms with Gasteiger partial charge < -0.3 is 10.4 Å². The Morgan fingerprint density at radius 3 is 2.62 bits per heavy atom. The van der Waals surface area contributed by atoms with Gasteiger partial charge in [-0.3, -0.25) is 0 Å². The van der Waals surface area contributed by atoms with E-state index in [2.05, 4.69) is 42.6 Å². The van der Waals surface area contributed by atoms with E-state index in [0.717, 1.165) is 16.8 Å². The van der Waals surface area contributed by atoms with Crippen molar-refractivity contribution in [3.05, 3.63) is 58.5 Å². The van der Waals surface area contributed by atoms with Crippen molar-refractivity contribution >= 4 is 27.1 Å². The molecule has 1 aromatic heterocycles. The third-order valence-electron chi connectivity index (χ3n) is 3.88. The predicted octanol–water partition coefficient (Wildman–Crippen LogP) is 5.40. The quantitative estimate of drug-likeness (QED) is 0.678. The normalized spacial score (nSPS) is 12.5. The van der Waals surface area contributed by atoms with Crippen LogP contribution in [0.3, 0.4) is 0 Å². The number of benzene rings is 2. The molecule has 3 aromatic rings. The number of nitrogens with one attached hydrogen (secondary N) is 1. The summed E-state index contributed by atoms with van der Waals surface area (Å²) in [5.41, 5.74) is 2.80. The molecule has 108 valence electrons. The highest BCUT2D eigenvalue weighted by Crippen LogP contribution is 2.34. The molecule has 2 nitrogen and oxygen atoms in total. The van der Waals surface area contributed by atoms with E-state index in [1.807, 2.05) is 37.3 Å². The SMILES string of the molecule is Cc1ccc(NC(C)c2cc3ccccc3s2)c(C)c1O. The van der Waals surface area contributed by atoms with E-state index in [-0.39, 0.29) is 6.04 Å². The summed E-state index contributed by atoms with van der Waals surface area (Å²) in [7, 11) is 0. The molecule has 3 heteroatoms. The second-order valence-corrected chi connectivity index (χ2v) is 6.57. The van der Waals surface area contributed by atoms with Gasteiger partial charge in [-0.05, 0) is 49.9 Å². The van der Waals surface area contributed by atoms with Gasteiger partial charge in [0, 0.05) is 20.8 Å². The highest BCUT2D eigenvalue weighted by atomic mass is 32.1. The lowest BCUT2D eigenvalue weighted by Crippen LogP contribution is -2.06. The van der Waals surface area contributed by atoms with Crippen LogP contribution in [0.25, 0.3) is 10.1 Å². The summed E-state index contributed by atoms with van der Waals surface area (Å²) >= 11 is 1.81. The van der Waals surface area contributed by atoms with Gasteiger partial charge in [0.1, 0.15) is 5.75 Å². The molecule has 2 aromatic carbocycles. The first-order valence-electron chi connectivity index (χ1n) is 7.10. The molecule has 1 heterocycles. The van der Waals surface area contributed by atoms with Gasteiger partial charge in [0.05, 0.1) is 6.04 Å². The first-order valence-corrected chi connectivity index (χ1v) is 7.92. The average molecular weight is 297 g/mol. The standard InChI is InChI=1S/C18H19NOS/c1-11-8-9-15(12(2)18(11)20)19-13(3)17-10-14-6-4-5-7-16(14)21-17/h4-10,13,19-20H,1-3H3. The number of phenolic OH excluding ortho intramolecular Hbond substituents is 1. The molecule has 21 heavy (non-hydrogen) atoms. The minimum Gasteiger partial charge on any atom is -0.507 e. The number of aryl methyl sites for hydroxylation is 1. The van der Waals surface area contributed by atoms with Crippen molar-refractivity contribution in [2.24, 2.45) is 0 Å². The smallest absolute Gasteiger partial charge is 0.123 e. The van der Waals surface area contributed by atoms with Crippen LogP contribution in [0.2, 0.25) is 0 Å². The summed E-state index contributed by atoms with van der Waals surface area (Å²) in [6.07, 6.45) is 0. The van der Waals surface area contributed by atoms with E-state index >= 15 is 0 Å². The van der Waals surface area contributed by atoms with Gasteiger partial charge in [0.15, 0.2) is 0 Å². The number of anilines is 1. The molecule has 0 aliphatic carbocycles. The first-order chi connectivity index (χ1) is 10.1. The molecule has 1 unspecified atom stereocenters. The Balaban J connectivity index is 1.89. The van der Waals surface area contributed by atoms with Crippen LogP contribution in [0.1, 0.15) is 29.0 Å². The van der Waals surface area contributed by atoms with Crippen LogP contribution in [0.5, 0.6) is 5.75 Å². The molecular weight excluding hydrogens is 278 g/mol. The van der Waals surface area contributed by atoms with Crippen LogP contribution in [-0.4, -0.2) is 5.11 Å². The molecule has 0 amide bonds. The molecule has 0 aliphatic rings. The van der Waals surface area contributed by atoms with E-state index < -0.39 is 0 Å². The molecule has 3 rings (SSSR count). The summed E-state index contributed by atoms with van der Waals surface area (Å²) in [5.74, 6) is 0.378. The third kappa shape index (κ3) is 2.61. The molecule has 0 radical (unpaired) electrons. The van der Waals surface area contributed by atoms with E-state index in [4.69, 9.17) is 0 Å². The van der Waals surface area contributed by atoms with Gasteiger partial charge in [-0.2, -0.15) is 0 Å². The average Bonchev–Trinajstić information content (AvgIpc) is 2.92. The van der Waals surface area contributed by atoms with Crippen molar-refractivity contribution in [3.63, 3.8) is 0 Å². The Bertz CT molecular complexity index is 758. The lowest BCUT2D eigenvalue weighted by molar-refractivity contribution is 0.467. The Labute approximate surface area is 129 Å². The Morgan fingerprint density at radius 2 is 1.86 bits per heavy atom. The van der Waals surface area contributed by atoms with E-state index in [1.54, 1.807) is 0 Å². The fourth-order valence-corrected chi connectivity index (χ4v) is 3.58. The molecule has 0 saturated carbocycles. The van der Waals surface area contributed by atoms with Gasteiger partial charge in [0.25, 0.3) is 0 Å². The second-order valence-electron chi connectivity index (χ2n) is 5.46. The van der Waals surface area contributed by atoms with Crippen LogP contribution in [0.4, 0.5) is 5.69 Å². The zero-order valence-corrected chi connectivity index (χ0v) is 13.3. The van der Waals surface area contributed by atoms with Crippen LogP contribution >= 0.6 is 11.3 Å². The Kier molecular flexibility index (Phi) is 3.60. The third-order valence-corrected chi connectivity index (χ3v) is 5.17. The van der Waals surface area contributed by atoms with Crippen molar-refractivity contribution in [2.45, 2.75) is 26.8 Å². The molecule has 1 atom stereocenters. The molecule has 0 fully saturated rings. The van der Waals surface area contributed by atoms with Crippen LogP contribution < -0.4 is 5.32 Å². The molecule has 0 bridgehead atoms. The Hall–Kier alpha value is -2.00. The molecule has 0 aliphatic heterocycles. The molecule has 2 N–H and O–H groups in total. The predicted molar refractivity (Wildman–Crippen MR) is 91.4 cm³/mol. The van der Waals surface area contributed by atoms with Crippen LogP contribution in [0.15, 0.2) is 42.5 Å². The minimum absolute atomic E-state index is 0.211. The number of hydrogen-bond donors (Lipinski definition) is 2. The lowest BCUT2D eigenvalue weighted by atomic mass is 10.1. The van der Waals surface area contributed by atoms with E-state index in [9.17, 15) is 5.11 Å². The second kappa shape index (κ2) is 5.41. The molecule has 0 spiro atoms. The number of fused-ring (bicyclic) bond motifs is 1. The van der Waals surface area contributed by atoms with Gasteiger partial charge in [-0.25, -0.2) is 0 Å². The summed E-state index contributed by atoms with van der Waals surface area (Å²) in [6, 6.07) is 14.9. The first kappa shape index (κ1) is 14.0. The van der Waals surface area contributed by atoms with Crippen molar-refractivity contribution in [1.82, 2.24) is 0 Å². The minimum atomic E-state index is 0.211. The van der Waals surface area contributed by atoms with Crippen molar-refractivity contribution in [3.8, 4) is 5.75 Å². The summed E-state index contributed by atoms with van der Waals surface area (Å²) in [6.45, 7) is 6.02. The van der Waals surface area contributed by atoms with E-state index in [1.165, 1.54) is 15.0 Å². The molecule has 0 saturated heterocycles. The summed E-state index contributed by atoms with van der Waals surface area (Å²) < 4.78 is 1.31. The number of hydrogen-bond acceptors (Lipinski definition) is 3. The monoisotopic (exact) mass is 297 g/mol. The highest BCUT2D eigenvalue weighted by molar-refractivity contribution is 7.19. The Morgan fingerprint density at radius 1 is 1.10 bits per heavy atom. The molecular formula is C18H19NOS. The van der Waals surface area contributed by atoms with Crippen molar-refractivity contribution in [1.29, 1.82) is 0 Å². The maximum absolute atomic E-state index is 10.0. The lowest BCUT2D eigenvalue weighted by Gasteiger charge is -2.17. The maximum Gasteiger partial charge on any atom is 0.123 e. The number of rotatable bonds is 3. The zero-order chi connectivity index (χ0) is 15.0. The van der Waals surface area contributed by atoms with Crippen molar-refractivity contribution < 1.29 is 5.11 Å². The highest BCUT2D eigenvalue weighted by Gasteiger charge is 2.12.